The largest absolute Gasteiger partial charge is 0.481 e. The third-order valence-electron chi connectivity index (χ3n) is 2.71. The van der Waals surface area contributed by atoms with Gasteiger partial charge in [0.15, 0.2) is 9.84 Å². The number of hydrogen-bond donors (Lipinski definition) is 2. The molecule has 1 aromatic rings. The maximum absolute atomic E-state index is 11.6. The fraction of sp³-hybridized carbons (Fsp3) is 0.556. The zero-order valence-electron chi connectivity index (χ0n) is 8.92. The molecule has 1 saturated heterocycles. The Morgan fingerprint density at radius 1 is 1.59 bits per heavy atom. The summed E-state index contributed by atoms with van der Waals surface area (Å²) in [5.41, 5.74) is -0.102. The number of H-pyrrole nitrogens is 1. The van der Waals surface area contributed by atoms with Crippen LogP contribution in [0.2, 0.25) is 0 Å². The van der Waals surface area contributed by atoms with Crippen LogP contribution in [0.15, 0.2) is 10.9 Å². The number of aliphatic carboxylic acids is 1. The fourth-order valence-electron chi connectivity index (χ4n) is 1.96. The van der Waals surface area contributed by atoms with Gasteiger partial charge < -0.3 is 5.11 Å². The van der Waals surface area contributed by atoms with Gasteiger partial charge in [-0.05, 0) is 6.42 Å². The van der Waals surface area contributed by atoms with E-state index in [2.05, 4.69) is 5.10 Å². The van der Waals surface area contributed by atoms with Gasteiger partial charge >= 0.3 is 5.97 Å². The van der Waals surface area contributed by atoms with Crippen molar-refractivity contribution < 1.29 is 18.3 Å². The lowest BCUT2D eigenvalue weighted by Gasteiger charge is -2.07. The molecule has 0 aliphatic carbocycles. The van der Waals surface area contributed by atoms with Gasteiger partial charge in [-0.15, -0.1) is 0 Å². The minimum Gasteiger partial charge on any atom is -0.481 e. The van der Waals surface area contributed by atoms with Crippen LogP contribution in [-0.4, -0.2) is 40.8 Å². The Morgan fingerprint density at radius 2 is 2.29 bits per heavy atom. The summed E-state index contributed by atoms with van der Waals surface area (Å²) in [5, 5.41) is 11.2. The molecular weight excluding hydrogens is 248 g/mol. The van der Waals surface area contributed by atoms with Gasteiger partial charge in [0.05, 0.1) is 24.0 Å². The maximum atomic E-state index is 11.6. The molecule has 1 fully saturated rings. The summed E-state index contributed by atoms with van der Waals surface area (Å²) < 4.78 is 23.8. The summed E-state index contributed by atoms with van der Waals surface area (Å²) in [5.74, 6) is -1.05. The van der Waals surface area contributed by atoms with Crippen LogP contribution in [0, 0.1) is 0 Å². The monoisotopic (exact) mass is 260 g/mol. The van der Waals surface area contributed by atoms with Crippen molar-refractivity contribution in [1.82, 2.24) is 9.78 Å². The van der Waals surface area contributed by atoms with E-state index in [4.69, 9.17) is 5.11 Å². The predicted octanol–water partition coefficient (Wildman–Crippen LogP) is -0.837. The highest BCUT2D eigenvalue weighted by atomic mass is 32.2. The molecule has 0 amide bonds. The number of aromatic nitrogens is 2. The second-order valence-electron chi connectivity index (χ2n) is 4.12. The number of hydrogen-bond acceptors (Lipinski definition) is 4. The predicted molar refractivity (Wildman–Crippen MR) is 58.7 cm³/mol. The Hall–Kier alpha value is -1.57. The maximum Gasteiger partial charge on any atom is 0.309 e. The van der Waals surface area contributed by atoms with E-state index in [1.807, 2.05) is 0 Å². The van der Waals surface area contributed by atoms with Crippen LogP contribution in [0.4, 0.5) is 0 Å². The molecule has 2 rings (SSSR count). The Balaban J connectivity index is 2.25. The third-order valence-corrected chi connectivity index (χ3v) is 4.46. The molecule has 0 aromatic carbocycles. The molecule has 0 radical (unpaired) electrons. The summed E-state index contributed by atoms with van der Waals surface area (Å²) in [6.07, 6.45) is 0.108. The van der Waals surface area contributed by atoms with Crippen molar-refractivity contribution in [2.75, 3.05) is 11.5 Å². The number of nitrogens with zero attached hydrogens (tertiary/aromatic N) is 1. The van der Waals surface area contributed by atoms with Crippen molar-refractivity contribution in [1.29, 1.82) is 0 Å². The van der Waals surface area contributed by atoms with E-state index in [0.717, 1.165) is 0 Å². The number of aromatic amines is 1. The summed E-state index contributed by atoms with van der Waals surface area (Å²) in [4.78, 5) is 22.0. The average Bonchev–Trinajstić information content (AvgIpc) is 2.68. The minimum absolute atomic E-state index is 0.0669. The third kappa shape index (κ3) is 2.57. The quantitative estimate of drug-likeness (QED) is 0.736. The molecule has 1 aliphatic rings. The lowest BCUT2D eigenvalue weighted by Crippen LogP contribution is -2.23. The molecule has 0 spiro atoms. The molecule has 17 heavy (non-hydrogen) atoms. The SMILES string of the molecule is O=C(O)Cc1cc(=O)n([C@@H]2CCS(=O)(=O)C2)[nH]1. The molecule has 0 unspecified atom stereocenters. The van der Waals surface area contributed by atoms with E-state index in [9.17, 15) is 18.0 Å². The Kier molecular flexibility index (Phi) is 2.82. The smallest absolute Gasteiger partial charge is 0.309 e. The van der Waals surface area contributed by atoms with Gasteiger partial charge in [-0.2, -0.15) is 0 Å². The first-order chi connectivity index (χ1) is 7.87. The van der Waals surface area contributed by atoms with E-state index >= 15 is 0 Å². The van der Waals surface area contributed by atoms with Crippen molar-refractivity contribution >= 4 is 15.8 Å². The van der Waals surface area contributed by atoms with E-state index in [1.54, 1.807) is 0 Å². The van der Waals surface area contributed by atoms with Crippen molar-refractivity contribution in [2.45, 2.75) is 18.9 Å². The Bertz CT molecular complexity index is 597. The van der Waals surface area contributed by atoms with Gasteiger partial charge in [-0.1, -0.05) is 0 Å². The number of carboxylic acids is 1. The highest BCUT2D eigenvalue weighted by Gasteiger charge is 2.30. The van der Waals surface area contributed by atoms with Crippen LogP contribution >= 0.6 is 0 Å². The van der Waals surface area contributed by atoms with Gasteiger partial charge in [0.1, 0.15) is 0 Å². The minimum atomic E-state index is -3.07. The molecule has 1 atom stereocenters. The normalized spacial score (nSPS) is 22.7. The number of sulfone groups is 1. The number of nitrogens with one attached hydrogen (secondary N) is 1. The molecule has 2 heterocycles. The van der Waals surface area contributed by atoms with E-state index in [-0.39, 0.29) is 29.2 Å². The highest BCUT2D eigenvalue weighted by molar-refractivity contribution is 7.91. The van der Waals surface area contributed by atoms with Gasteiger partial charge in [-0.3, -0.25) is 14.7 Å². The van der Waals surface area contributed by atoms with Crippen LogP contribution in [0.3, 0.4) is 0 Å². The molecular formula is C9H12N2O5S. The Labute approximate surface area is 97.0 Å². The zero-order valence-corrected chi connectivity index (χ0v) is 9.74. The van der Waals surface area contributed by atoms with Crippen molar-refractivity contribution in [3.8, 4) is 0 Å². The zero-order chi connectivity index (χ0) is 12.6. The van der Waals surface area contributed by atoms with Crippen molar-refractivity contribution in [3.63, 3.8) is 0 Å². The van der Waals surface area contributed by atoms with Gasteiger partial charge in [-0.25, -0.2) is 13.1 Å². The molecule has 2 N–H and O–H groups in total. The van der Waals surface area contributed by atoms with Gasteiger partial charge in [0.25, 0.3) is 5.56 Å². The molecule has 7 nitrogen and oxygen atoms in total. The first-order valence-electron chi connectivity index (χ1n) is 5.10. The lowest BCUT2D eigenvalue weighted by atomic mass is 10.3. The van der Waals surface area contributed by atoms with Gasteiger partial charge in [0, 0.05) is 11.8 Å². The van der Waals surface area contributed by atoms with Crippen LogP contribution in [0.5, 0.6) is 0 Å². The lowest BCUT2D eigenvalue weighted by molar-refractivity contribution is -0.136. The summed E-state index contributed by atoms with van der Waals surface area (Å²) >= 11 is 0. The van der Waals surface area contributed by atoms with E-state index in [0.29, 0.717) is 6.42 Å². The second-order valence-corrected chi connectivity index (χ2v) is 6.35. The Morgan fingerprint density at radius 3 is 2.82 bits per heavy atom. The number of carboxylic acid groups (broad SMARTS) is 1. The number of carbonyl (C=O) groups is 1. The molecule has 0 bridgehead atoms. The van der Waals surface area contributed by atoms with E-state index in [1.165, 1.54) is 10.7 Å². The molecule has 1 aliphatic heterocycles. The van der Waals surface area contributed by atoms with Crippen molar-refractivity contribution in [3.05, 3.63) is 22.1 Å². The van der Waals surface area contributed by atoms with Crippen molar-refractivity contribution in [2.24, 2.45) is 0 Å². The topological polar surface area (TPSA) is 109 Å². The number of rotatable bonds is 3. The van der Waals surface area contributed by atoms with Crippen LogP contribution in [-0.2, 0) is 21.1 Å². The molecule has 1 aromatic heterocycles. The standard InChI is InChI=1S/C9H12N2O5S/c12-8-3-6(4-9(13)14)10-11(8)7-1-2-17(15,16)5-7/h3,7,10H,1-2,4-5H2,(H,13,14)/t7-/m1/s1. The van der Waals surface area contributed by atoms with Crippen LogP contribution in [0.25, 0.3) is 0 Å². The summed E-state index contributed by atoms with van der Waals surface area (Å²) in [6, 6.07) is 0.786. The average molecular weight is 260 g/mol. The molecule has 94 valence electrons. The van der Waals surface area contributed by atoms with Gasteiger partial charge in [0.2, 0.25) is 0 Å². The second kappa shape index (κ2) is 4.02. The molecule has 0 saturated carbocycles. The first-order valence-corrected chi connectivity index (χ1v) is 6.92. The highest BCUT2D eigenvalue weighted by Crippen LogP contribution is 2.21. The van der Waals surface area contributed by atoms with Crippen LogP contribution in [0.1, 0.15) is 18.2 Å². The van der Waals surface area contributed by atoms with Crippen LogP contribution < -0.4 is 5.56 Å². The first kappa shape index (κ1) is 11.9. The molecule has 8 heteroatoms. The van der Waals surface area contributed by atoms with E-state index < -0.39 is 21.8 Å². The summed E-state index contributed by atoms with van der Waals surface area (Å²) in [7, 11) is -3.07. The summed E-state index contributed by atoms with van der Waals surface area (Å²) in [6.45, 7) is 0. The fourth-order valence-corrected chi connectivity index (χ4v) is 3.66.